The summed E-state index contributed by atoms with van der Waals surface area (Å²) in [7, 11) is 0. The Kier molecular flexibility index (Phi) is 2.55. The van der Waals surface area contributed by atoms with E-state index in [1.807, 2.05) is 55.5 Å². The summed E-state index contributed by atoms with van der Waals surface area (Å²) in [5.74, 6) is 0.597. The predicted octanol–water partition coefficient (Wildman–Crippen LogP) is 4.66. The van der Waals surface area contributed by atoms with Crippen molar-refractivity contribution in [3.05, 3.63) is 71.5 Å². The zero-order valence-corrected chi connectivity index (χ0v) is 11.9. The summed E-state index contributed by atoms with van der Waals surface area (Å²) in [6.07, 6.45) is 1.82. The number of Topliss-reactive ketones (excluding diaryl/α,β-unsaturated/α-hetero) is 1. The van der Waals surface area contributed by atoms with Crippen LogP contribution in [0.5, 0.6) is 0 Å². The van der Waals surface area contributed by atoms with Gasteiger partial charge in [0, 0.05) is 5.39 Å². The molecule has 1 aromatic heterocycles. The van der Waals surface area contributed by atoms with Crippen LogP contribution in [-0.4, -0.2) is 5.78 Å². The Labute approximate surface area is 123 Å². The molecule has 1 aliphatic rings. The molecule has 0 bridgehead atoms. The molecule has 0 radical (unpaired) electrons. The summed E-state index contributed by atoms with van der Waals surface area (Å²) >= 11 is 0. The number of aryl methyl sites for hydroxylation is 1. The number of hydrogen-bond donors (Lipinski definition) is 0. The molecule has 1 aliphatic carbocycles. The molecule has 2 nitrogen and oxygen atoms in total. The van der Waals surface area contributed by atoms with Crippen LogP contribution in [-0.2, 0) is 5.41 Å². The lowest BCUT2D eigenvalue weighted by molar-refractivity contribution is 0.0920. The van der Waals surface area contributed by atoms with E-state index >= 15 is 0 Å². The Hall–Kier alpha value is -2.35. The molecule has 2 aromatic carbocycles. The highest BCUT2D eigenvalue weighted by Gasteiger charge is 2.52. The third-order valence-corrected chi connectivity index (χ3v) is 4.41. The molecule has 0 saturated heterocycles. The van der Waals surface area contributed by atoms with Crippen LogP contribution in [0.1, 0.15) is 34.5 Å². The van der Waals surface area contributed by atoms with Gasteiger partial charge in [-0.1, -0.05) is 42.0 Å². The molecule has 0 unspecified atom stereocenters. The number of carbonyl (C=O) groups is 1. The van der Waals surface area contributed by atoms with Crippen molar-refractivity contribution in [2.45, 2.75) is 25.2 Å². The summed E-state index contributed by atoms with van der Waals surface area (Å²) < 4.78 is 5.78. The lowest BCUT2D eigenvalue weighted by Gasteiger charge is -2.12. The van der Waals surface area contributed by atoms with Gasteiger partial charge in [-0.15, -0.1) is 0 Å². The zero-order valence-electron chi connectivity index (χ0n) is 11.9. The number of hydrogen-bond acceptors (Lipinski definition) is 2. The second-order valence-corrected chi connectivity index (χ2v) is 5.93. The number of ketones is 1. The maximum absolute atomic E-state index is 12.9. The molecule has 0 aliphatic heterocycles. The van der Waals surface area contributed by atoms with Crippen molar-refractivity contribution in [1.82, 2.24) is 0 Å². The minimum Gasteiger partial charge on any atom is -0.453 e. The molecule has 1 heterocycles. The average Bonchev–Trinajstić information content (AvgIpc) is 3.21. The predicted molar refractivity (Wildman–Crippen MR) is 82.6 cm³/mol. The molecule has 2 heteroatoms. The SMILES string of the molecule is Cc1ccc2oc(C(=O)C3(c4ccccc4)CC3)cc2c1. The first-order valence-electron chi connectivity index (χ1n) is 7.30. The van der Waals surface area contributed by atoms with Gasteiger partial charge in [-0.2, -0.15) is 0 Å². The van der Waals surface area contributed by atoms with Crippen molar-refractivity contribution in [2.75, 3.05) is 0 Å². The first-order valence-corrected chi connectivity index (χ1v) is 7.30. The van der Waals surface area contributed by atoms with Gasteiger partial charge >= 0.3 is 0 Å². The summed E-state index contributed by atoms with van der Waals surface area (Å²) in [5.41, 5.74) is 2.70. The van der Waals surface area contributed by atoms with E-state index in [9.17, 15) is 4.79 Å². The van der Waals surface area contributed by atoms with Gasteiger partial charge < -0.3 is 4.42 Å². The molecule has 0 atom stereocenters. The molecular weight excluding hydrogens is 260 g/mol. The van der Waals surface area contributed by atoms with E-state index in [2.05, 4.69) is 6.07 Å². The maximum Gasteiger partial charge on any atom is 0.208 e. The van der Waals surface area contributed by atoms with E-state index in [4.69, 9.17) is 4.42 Å². The van der Waals surface area contributed by atoms with E-state index in [1.54, 1.807) is 0 Å². The first kappa shape index (κ1) is 12.4. The Morgan fingerprint density at radius 3 is 2.52 bits per heavy atom. The van der Waals surface area contributed by atoms with E-state index in [-0.39, 0.29) is 11.2 Å². The van der Waals surface area contributed by atoms with Crippen molar-refractivity contribution >= 4 is 16.8 Å². The molecule has 1 saturated carbocycles. The summed E-state index contributed by atoms with van der Waals surface area (Å²) in [4.78, 5) is 12.9. The van der Waals surface area contributed by atoms with E-state index in [0.29, 0.717) is 5.76 Å². The Bertz CT molecular complexity index is 823. The van der Waals surface area contributed by atoms with Crippen LogP contribution in [0.4, 0.5) is 0 Å². The molecule has 3 aromatic rings. The molecule has 0 N–H and O–H groups in total. The molecule has 4 rings (SSSR count). The zero-order chi connectivity index (χ0) is 14.4. The summed E-state index contributed by atoms with van der Waals surface area (Å²) in [6.45, 7) is 2.04. The third kappa shape index (κ3) is 1.90. The van der Waals surface area contributed by atoms with Crippen LogP contribution < -0.4 is 0 Å². The normalized spacial score (nSPS) is 16.0. The molecule has 21 heavy (non-hydrogen) atoms. The van der Waals surface area contributed by atoms with Gasteiger partial charge in [0.15, 0.2) is 5.76 Å². The molecular formula is C19H16O2. The minimum absolute atomic E-state index is 0.113. The monoisotopic (exact) mass is 276 g/mol. The van der Waals surface area contributed by atoms with E-state index < -0.39 is 0 Å². The second-order valence-electron chi connectivity index (χ2n) is 5.93. The van der Waals surface area contributed by atoms with Crippen LogP contribution in [0.3, 0.4) is 0 Å². The largest absolute Gasteiger partial charge is 0.453 e. The number of fused-ring (bicyclic) bond motifs is 1. The van der Waals surface area contributed by atoms with Gasteiger partial charge in [0.05, 0.1) is 5.41 Å². The highest BCUT2D eigenvalue weighted by Crippen LogP contribution is 2.50. The van der Waals surface area contributed by atoms with Gasteiger partial charge in [-0.3, -0.25) is 4.79 Å². The van der Waals surface area contributed by atoms with Crippen LogP contribution in [0.2, 0.25) is 0 Å². The fraction of sp³-hybridized carbons (Fsp3) is 0.211. The van der Waals surface area contributed by atoms with Crippen LogP contribution in [0.15, 0.2) is 59.0 Å². The topological polar surface area (TPSA) is 30.2 Å². The van der Waals surface area contributed by atoms with Crippen LogP contribution >= 0.6 is 0 Å². The summed E-state index contributed by atoms with van der Waals surface area (Å²) in [6, 6.07) is 17.9. The first-order chi connectivity index (χ1) is 10.2. The second kappa shape index (κ2) is 4.32. The third-order valence-electron chi connectivity index (χ3n) is 4.41. The van der Waals surface area contributed by atoms with E-state index in [0.717, 1.165) is 29.4 Å². The highest BCUT2D eigenvalue weighted by atomic mass is 16.3. The Balaban J connectivity index is 1.77. The number of carbonyl (C=O) groups excluding carboxylic acids is 1. The number of rotatable bonds is 3. The van der Waals surface area contributed by atoms with Gasteiger partial charge in [0.1, 0.15) is 5.58 Å². The number of furan rings is 1. The Morgan fingerprint density at radius 2 is 1.81 bits per heavy atom. The van der Waals surface area contributed by atoms with Crippen molar-refractivity contribution < 1.29 is 9.21 Å². The summed E-state index contributed by atoms with van der Waals surface area (Å²) in [5, 5.41) is 1.00. The maximum atomic E-state index is 12.9. The van der Waals surface area contributed by atoms with E-state index in [1.165, 1.54) is 5.56 Å². The molecule has 1 fully saturated rings. The Morgan fingerprint density at radius 1 is 1.05 bits per heavy atom. The minimum atomic E-state index is -0.357. The molecule has 104 valence electrons. The highest BCUT2D eigenvalue weighted by molar-refractivity contribution is 6.06. The van der Waals surface area contributed by atoms with Crippen LogP contribution in [0, 0.1) is 6.92 Å². The van der Waals surface area contributed by atoms with Gasteiger partial charge in [-0.05, 0) is 43.5 Å². The van der Waals surface area contributed by atoms with Crippen molar-refractivity contribution in [3.63, 3.8) is 0 Å². The van der Waals surface area contributed by atoms with Crippen molar-refractivity contribution in [2.24, 2.45) is 0 Å². The fourth-order valence-corrected chi connectivity index (χ4v) is 3.04. The number of benzene rings is 2. The molecule has 0 spiro atoms. The lowest BCUT2D eigenvalue weighted by Crippen LogP contribution is -2.19. The van der Waals surface area contributed by atoms with Gasteiger partial charge in [0.25, 0.3) is 0 Å². The smallest absolute Gasteiger partial charge is 0.208 e. The lowest BCUT2D eigenvalue weighted by atomic mass is 9.90. The van der Waals surface area contributed by atoms with Crippen molar-refractivity contribution in [1.29, 1.82) is 0 Å². The quantitative estimate of drug-likeness (QED) is 0.651. The van der Waals surface area contributed by atoms with Crippen molar-refractivity contribution in [3.8, 4) is 0 Å². The van der Waals surface area contributed by atoms with Gasteiger partial charge in [-0.25, -0.2) is 0 Å². The molecule has 0 amide bonds. The standard InChI is InChI=1S/C19H16O2/c1-13-7-8-16-14(11-13)12-17(21-16)18(20)19(9-10-19)15-5-3-2-4-6-15/h2-8,11-12H,9-10H2,1H3. The average molecular weight is 276 g/mol. The fourth-order valence-electron chi connectivity index (χ4n) is 3.04. The van der Waals surface area contributed by atoms with Crippen LogP contribution in [0.25, 0.3) is 11.0 Å². The van der Waals surface area contributed by atoms with Gasteiger partial charge in [0.2, 0.25) is 5.78 Å².